The van der Waals surface area contributed by atoms with Crippen LogP contribution in [0.4, 0.5) is 0 Å². The summed E-state index contributed by atoms with van der Waals surface area (Å²) in [6.07, 6.45) is 2.10. The van der Waals surface area contributed by atoms with E-state index in [1.807, 2.05) is 49.0 Å². The minimum Gasteiger partial charge on any atom is -0.368 e. The number of aryl methyl sites for hydroxylation is 2. The minimum atomic E-state index is -0.386. The van der Waals surface area contributed by atoms with E-state index >= 15 is 0 Å². The van der Waals surface area contributed by atoms with Crippen LogP contribution in [0.15, 0.2) is 30.3 Å². The quantitative estimate of drug-likeness (QED) is 0.943. The average Bonchev–Trinajstić information content (AvgIpc) is 3.06. The summed E-state index contributed by atoms with van der Waals surface area (Å²) < 4.78 is 1.92. The Labute approximate surface area is 137 Å². The number of amides is 1. The molecule has 2 heterocycles. The van der Waals surface area contributed by atoms with Crippen LogP contribution < -0.4 is 5.73 Å². The van der Waals surface area contributed by atoms with E-state index in [9.17, 15) is 4.79 Å². The van der Waals surface area contributed by atoms with Crippen molar-refractivity contribution >= 4 is 5.91 Å². The highest BCUT2D eigenvalue weighted by atomic mass is 16.1. The van der Waals surface area contributed by atoms with E-state index in [0.717, 1.165) is 36.3 Å². The summed E-state index contributed by atoms with van der Waals surface area (Å²) in [7, 11) is 1.97. The van der Waals surface area contributed by atoms with Crippen LogP contribution in [-0.2, 0) is 11.8 Å². The molecule has 5 heteroatoms. The fraction of sp³-hybridized carbons (Fsp3) is 0.444. The largest absolute Gasteiger partial charge is 0.368 e. The molecular weight excluding hydrogens is 288 g/mol. The van der Waals surface area contributed by atoms with E-state index in [4.69, 9.17) is 5.73 Å². The molecule has 0 saturated carbocycles. The summed E-state index contributed by atoms with van der Waals surface area (Å²) in [4.78, 5) is 14.4. The maximum Gasteiger partial charge on any atom is 0.239 e. The van der Waals surface area contributed by atoms with Crippen molar-refractivity contribution in [3.63, 3.8) is 0 Å². The predicted octanol–water partition coefficient (Wildman–Crippen LogP) is 2.40. The third-order valence-corrected chi connectivity index (χ3v) is 4.91. The van der Waals surface area contributed by atoms with Gasteiger partial charge in [0.2, 0.25) is 5.91 Å². The number of primary amides is 1. The maximum absolute atomic E-state index is 12.2. The fourth-order valence-electron chi connectivity index (χ4n) is 3.83. The third-order valence-electron chi connectivity index (χ3n) is 4.91. The molecule has 1 aliphatic rings. The molecule has 1 aromatic carbocycles. The SMILES string of the molecule is Cc1nn(C)c(C)c1[C@H]1CCCN1[C@@H](C(N)=O)c1ccccc1. The summed E-state index contributed by atoms with van der Waals surface area (Å²) in [5, 5.41) is 4.54. The molecule has 1 saturated heterocycles. The molecule has 1 aliphatic heterocycles. The number of aromatic nitrogens is 2. The van der Waals surface area contributed by atoms with Gasteiger partial charge in [-0.3, -0.25) is 14.4 Å². The Balaban J connectivity index is 2.01. The fourth-order valence-corrected chi connectivity index (χ4v) is 3.83. The van der Waals surface area contributed by atoms with Crippen molar-refractivity contribution in [2.75, 3.05) is 6.54 Å². The number of likely N-dealkylation sites (tertiary alicyclic amines) is 1. The van der Waals surface area contributed by atoms with Gasteiger partial charge in [-0.25, -0.2) is 0 Å². The second kappa shape index (κ2) is 6.16. The number of carbonyl (C=O) groups excluding carboxylic acids is 1. The number of benzene rings is 1. The highest BCUT2D eigenvalue weighted by molar-refractivity contribution is 5.81. The Kier molecular flexibility index (Phi) is 4.22. The topological polar surface area (TPSA) is 64.2 Å². The van der Waals surface area contributed by atoms with Crippen molar-refractivity contribution in [1.29, 1.82) is 0 Å². The highest BCUT2D eigenvalue weighted by Crippen LogP contribution is 2.40. The summed E-state index contributed by atoms with van der Waals surface area (Å²) >= 11 is 0. The molecule has 122 valence electrons. The highest BCUT2D eigenvalue weighted by Gasteiger charge is 2.37. The van der Waals surface area contributed by atoms with Crippen LogP contribution in [-0.4, -0.2) is 27.1 Å². The van der Waals surface area contributed by atoms with Gasteiger partial charge in [0.15, 0.2) is 0 Å². The normalized spacial score (nSPS) is 19.9. The van der Waals surface area contributed by atoms with Gasteiger partial charge in [-0.15, -0.1) is 0 Å². The maximum atomic E-state index is 12.2. The zero-order valence-electron chi connectivity index (χ0n) is 14.0. The van der Waals surface area contributed by atoms with Crippen LogP contribution >= 0.6 is 0 Å². The van der Waals surface area contributed by atoms with Crippen LogP contribution in [0, 0.1) is 13.8 Å². The Morgan fingerprint density at radius 1 is 1.30 bits per heavy atom. The van der Waals surface area contributed by atoms with Crippen LogP contribution in [0.3, 0.4) is 0 Å². The van der Waals surface area contributed by atoms with Gasteiger partial charge in [0.1, 0.15) is 6.04 Å². The Morgan fingerprint density at radius 2 is 2.00 bits per heavy atom. The molecule has 0 bridgehead atoms. The zero-order valence-corrected chi connectivity index (χ0v) is 14.0. The lowest BCUT2D eigenvalue weighted by Gasteiger charge is -2.31. The van der Waals surface area contributed by atoms with Gasteiger partial charge in [-0.1, -0.05) is 30.3 Å². The van der Waals surface area contributed by atoms with Crippen molar-refractivity contribution < 1.29 is 4.79 Å². The lowest BCUT2D eigenvalue weighted by atomic mass is 9.98. The molecule has 2 atom stereocenters. The summed E-state index contributed by atoms with van der Waals surface area (Å²) in [5.74, 6) is -0.290. The van der Waals surface area contributed by atoms with Crippen molar-refractivity contribution in [2.45, 2.75) is 38.8 Å². The molecule has 0 aliphatic carbocycles. The zero-order chi connectivity index (χ0) is 16.6. The number of nitrogens with two attached hydrogens (primary N) is 1. The van der Waals surface area contributed by atoms with E-state index in [-0.39, 0.29) is 18.0 Å². The number of carbonyl (C=O) groups is 1. The molecule has 3 rings (SSSR count). The lowest BCUT2D eigenvalue weighted by molar-refractivity contribution is -0.123. The molecule has 1 fully saturated rings. The number of rotatable bonds is 4. The van der Waals surface area contributed by atoms with E-state index in [0.29, 0.717) is 0 Å². The van der Waals surface area contributed by atoms with Gasteiger partial charge in [0.05, 0.1) is 5.69 Å². The predicted molar refractivity (Wildman–Crippen MR) is 89.7 cm³/mol. The molecule has 0 unspecified atom stereocenters. The van der Waals surface area contributed by atoms with E-state index in [1.165, 1.54) is 5.56 Å². The average molecular weight is 312 g/mol. The first-order chi connectivity index (χ1) is 11.0. The second-order valence-electron chi connectivity index (χ2n) is 6.32. The molecule has 0 spiro atoms. The Bertz CT molecular complexity index is 707. The summed E-state index contributed by atoms with van der Waals surface area (Å²) in [6.45, 7) is 5.01. The van der Waals surface area contributed by atoms with Gasteiger partial charge in [0.25, 0.3) is 0 Å². The standard InChI is InChI=1S/C18H24N4O/c1-12-16(13(2)21(3)20-12)15-10-7-11-22(15)17(18(19)23)14-8-5-4-6-9-14/h4-6,8-9,15,17H,7,10-11H2,1-3H3,(H2,19,23)/t15-,17-/m1/s1. The van der Waals surface area contributed by atoms with Crippen LogP contribution in [0.25, 0.3) is 0 Å². The van der Waals surface area contributed by atoms with E-state index in [2.05, 4.69) is 16.9 Å². The number of nitrogens with zero attached hydrogens (tertiary/aromatic N) is 3. The van der Waals surface area contributed by atoms with E-state index < -0.39 is 0 Å². The van der Waals surface area contributed by atoms with Crippen LogP contribution in [0.5, 0.6) is 0 Å². The van der Waals surface area contributed by atoms with E-state index in [1.54, 1.807) is 0 Å². The molecule has 23 heavy (non-hydrogen) atoms. The van der Waals surface area contributed by atoms with Gasteiger partial charge in [-0.05, 0) is 38.8 Å². The summed E-state index contributed by atoms with van der Waals surface area (Å²) in [6, 6.07) is 9.64. The van der Waals surface area contributed by atoms with Crippen LogP contribution in [0.2, 0.25) is 0 Å². The smallest absolute Gasteiger partial charge is 0.239 e. The Hall–Kier alpha value is -2.14. The van der Waals surface area contributed by atoms with Gasteiger partial charge < -0.3 is 5.73 Å². The van der Waals surface area contributed by atoms with Crippen molar-refractivity contribution in [2.24, 2.45) is 12.8 Å². The number of hydrogen-bond donors (Lipinski definition) is 1. The molecule has 1 amide bonds. The van der Waals surface area contributed by atoms with Gasteiger partial charge in [0, 0.05) is 24.3 Å². The molecule has 0 radical (unpaired) electrons. The summed E-state index contributed by atoms with van der Waals surface area (Å²) in [5.41, 5.74) is 10.2. The monoisotopic (exact) mass is 312 g/mol. The van der Waals surface area contributed by atoms with Crippen molar-refractivity contribution in [1.82, 2.24) is 14.7 Å². The first-order valence-corrected chi connectivity index (χ1v) is 8.10. The van der Waals surface area contributed by atoms with Gasteiger partial charge in [-0.2, -0.15) is 5.10 Å². The molecule has 2 N–H and O–H groups in total. The molecular formula is C18H24N4O. The number of hydrogen-bond acceptors (Lipinski definition) is 3. The van der Waals surface area contributed by atoms with Crippen molar-refractivity contribution in [3.8, 4) is 0 Å². The first-order valence-electron chi connectivity index (χ1n) is 8.10. The molecule has 2 aromatic rings. The molecule has 1 aromatic heterocycles. The third kappa shape index (κ3) is 2.77. The van der Waals surface area contributed by atoms with Gasteiger partial charge >= 0.3 is 0 Å². The Morgan fingerprint density at radius 3 is 2.57 bits per heavy atom. The second-order valence-corrected chi connectivity index (χ2v) is 6.32. The van der Waals surface area contributed by atoms with Crippen molar-refractivity contribution in [3.05, 3.63) is 52.8 Å². The minimum absolute atomic E-state index is 0.196. The molecule has 5 nitrogen and oxygen atoms in total. The lowest BCUT2D eigenvalue weighted by Crippen LogP contribution is -2.37. The first kappa shape index (κ1) is 15.7. The van der Waals surface area contributed by atoms with Crippen LogP contribution in [0.1, 0.15) is 47.4 Å².